The second-order valence-electron chi connectivity index (χ2n) is 5.05. The van der Waals surface area contributed by atoms with E-state index in [9.17, 15) is 0 Å². The molecule has 1 N–H and O–H groups in total. The number of hydrogen-bond donors (Lipinski definition) is 1. The van der Waals surface area contributed by atoms with Gasteiger partial charge in [0.15, 0.2) is 0 Å². The summed E-state index contributed by atoms with van der Waals surface area (Å²) in [5.74, 6) is 1.13. The van der Waals surface area contributed by atoms with Gasteiger partial charge in [0.2, 0.25) is 0 Å². The quantitative estimate of drug-likeness (QED) is 0.824. The van der Waals surface area contributed by atoms with Gasteiger partial charge < -0.3 is 5.32 Å². The average molecular weight is 257 g/mol. The Morgan fingerprint density at radius 2 is 2.00 bits per heavy atom. The van der Waals surface area contributed by atoms with Crippen LogP contribution in [0.5, 0.6) is 0 Å². The summed E-state index contributed by atoms with van der Waals surface area (Å²) < 4.78 is 0. The molecule has 94 valence electrons. The molecule has 1 aliphatic heterocycles. The van der Waals surface area contributed by atoms with E-state index in [4.69, 9.17) is 0 Å². The van der Waals surface area contributed by atoms with E-state index in [1.165, 1.54) is 28.3 Å². The Hall–Kier alpha value is -0.990. The van der Waals surface area contributed by atoms with Crippen LogP contribution in [0.4, 0.5) is 0 Å². The zero-order chi connectivity index (χ0) is 12.5. The van der Waals surface area contributed by atoms with Crippen molar-refractivity contribution in [3.63, 3.8) is 0 Å². The molecule has 1 nitrogen and oxygen atoms in total. The molecule has 0 amide bonds. The van der Waals surface area contributed by atoms with Crippen LogP contribution < -0.4 is 5.32 Å². The van der Waals surface area contributed by atoms with Crippen molar-refractivity contribution in [1.82, 2.24) is 5.32 Å². The number of nitrogens with one attached hydrogen (secondary N) is 1. The molecule has 2 unspecified atom stereocenters. The number of thioether (sulfide) groups is 1. The van der Waals surface area contributed by atoms with Crippen molar-refractivity contribution in [2.24, 2.45) is 0 Å². The summed E-state index contributed by atoms with van der Waals surface area (Å²) in [6.45, 7) is 2.34. The van der Waals surface area contributed by atoms with Crippen LogP contribution >= 0.6 is 11.8 Å². The molecule has 0 spiro atoms. The van der Waals surface area contributed by atoms with Crippen LogP contribution in [0.3, 0.4) is 0 Å². The minimum absolute atomic E-state index is 0.495. The van der Waals surface area contributed by atoms with E-state index in [1.54, 1.807) is 0 Å². The largest absolute Gasteiger partial charge is 0.313 e. The summed E-state index contributed by atoms with van der Waals surface area (Å²) in [6, 6.07) is 13.8. The number of hydrogen-bond acceptors (Lipinski definition) is 2. The van der Waals surface area contributed by atoms with E-state index in [1.807, 2.05) is 0 Å². The van der Waals surface area contributed by atoms with Crippen LogP contribution in [0.25, 0.3) is 10.8 Å². The first-order chi connectivity index (χ1) is 8.79. The maximum Gasteiger partial charge on any atom is 0.0331 e. The molecular formula is C16H19NS. The summed E-state index contributed by atoms with van der Waals surface area (Å²) in [7, 11) is 2.08. The van der Waals surface area contributed by atoms with Gasteiger partial charge in [-0.3, -0.25) is 0 Å². The van der Waals surface area contributed by atoms with E-state index in [2.05, 4.69) is 67.4 Å². The van der Waals surface area contributed by atoms with Crippen molar-refractivity contribution < 1.29 is 0 Å². The number of rotatable bonds is 1. The fourth-order valence-corrected chi connectivity index (χ4v) is 3.97. The van der Waals surface area contributed by atoms with E-state index < -0.39 is 0 Å². The van der Waals surface area contributed by atoms with Gasteiger partial charge in [0, 0.05) is 17.0 Å². The monoisotopic (exact) mass is 257 g/mol. The molecule has 2 atom stereocenters. The summed E-state index contributed by atoms with van der Waals surface area (Å²) in [6.07, 6.45) is 1.21. The molecule has 1 aliphatic rings. The third kappa shape index (κ3) is 2.04. The average Bonchev–Trinajstić information content (AvgIpc) is 2.58. The first kappa shape index (κ1) is 12.1. The van der Waals surface area contributed by atoms with Crippen molar-refractivity contribution in [1.29, 1.82) is 0 Å². The van der Waals surface area contributed by atoms with E-state index in [0.29, 0.717) is 11.3 Å². The zero-order valence-electron chi connectivity index (χ0n) is 10.9. The Balaban J connectivity index is 2.20. The Morgan fingerprint density at radius 3 is 2.83 bits per heavy atom. The molecule has 2 aromatic rings. The molecule has 0 saturated heterocycles. The van der Waals surface area contributed by atoms with Crippen LogP contribution in [0.15, 0.2) is 36.4 Å². The van der Waals surface area contributed by atoms with Gasteiger partial charge in [0.05, 0.1) is 0 Å². The van der Waals surface area contributed by atoms with E-state index >= 15 is 0 Å². The highest BCUT2D eigenvalue weighted by molar-refractivity contribution is 7.99. The molecule has 0 aliphatic carbocycles. The number of benzene rings is 2. The van der Waals surface area contributed by atoms with E-state index in [-0.39, 0.29) is 0 Å². The predicted octanol–water partition coefficient (Wildman–Crippen LogP) is 4.13. The lowest BCUT2D eigenvalue weighted by molar-refractivity contribution is 0.550. The van der Waals surface area contributed by atoms with Gasteiger partial charge in [-0.2, -0.15) is 11.8 Å². The third-order valence-electron chi connectivity index (χ3n) is 3.88. The minimum atomic E-state index is 0.495. The lowest BCUT2D eigenvalue weighted by Crippen LogP contribution is -2.19. The highest BCUT2D eigenvalue weighted by atomic mass is 32.2. The van der Waals surface area contributed by atoms with Crippen LogP contribution in [0, 0.1) is 0 Å². The molecule has 2 aromatic carbocycles. The molecule has 0 bridgehead atoms. The van der Waals surface area contributed by atoms with Crippen LogP contribution in [-0.2, 0) is 5.75 Å². The minimum Gasteiger partial charge on any atom is -0.313 e. The molecule has 18 heavy (non-hydrogen) atoms. The molecule has 0 aromatic heterocycles. The maximum absolute atomic E-state index is 3.48. The van der Waals surface area contributed by atoms with Gasteiger partial charge in [0.25, 0.3) is 0 Å². The Labute approximate surface area is 113 Å². The Bertz CT molecular complexity index is 564. The second kappa shape index (κ2) is 4.94. The Morgan fingerprint density at radius 1 is 1.17 bits per heavy atom. The van der Waals surface area contributed by atoms with Gasteiger partial charge in [-0.25, -0.2) is 0 Å². The standard InChI is InChI=1S/C16H19NS/c1-11-9-16(17-2)14-8-7-12-5-3-4-6-13(12)15(14)10-18-11/h3-8,11,16-17H,9-10H2,1-2H3. The highest BCUT2D eigenvalue weighted by Crippen LogP contribution is 2.37. The van der Waals surface area contributed by atoms with Crippen molar-refractivity contribution >= 4 is 22.5 Å². The predicted molar refractivity (Wildman–Crippen MR) is 81.1 cm³/mol. The highest BCUT2D eigenvalue weighted by Gasteiger charge is 2.22. The third-order valence-corrected chi connectivity index (χ3v) is 5.10. The number of fused-ring (bicyclic) bond motifs is 3. The van der Waals surface area contributed by atoms with Gasteiger partial charge in [-0.05, 0) is 35.4 Å². The summed E-state index contributed by atoms with van der Waals surface area (Å²) in [5, 5.41) is 6.99. The maximum atomic E-state index is 3.48. The summed E-state index contributed by atoms with van der Waals surface area (Å²) in [5.41, 5.74) is 3.02. The zero-order valence-corrected chi connectivity index (χ0v) is 11.8. The topological polar surface area (TPSA) is 12.0 Å². The fraction of sp³-hybridized carbons (Fsp3) is 0.375. The van der Waals surface area contributed by atoms with Crippen LogP contribution in [0.2, 0.25) is 0 Å². The molecular weight excluding hydrogens is 238 g/mol. The second-order valence-corrected chi connectivity index (χ2v) is 6.48. The van der Waals surface area contributed by atoms with Crippen molar-refractivity contribution in [3.8, 4) is 0 Å². The fourth-order valence-electron chi connectivity index (χ4n) is 2.87. The SMILES string of the molecule is CNC1CC(C)SCc2c1ccc1ccccc21. The molecule has 3 rings (SSSR count). The van der Waals surface area contributed by atoms with Gasteiger partial charge in [-0.15, -0.1) is 0 Å². The van der Waals surface area contributed by atoms with E-state index in [0.717, 1.165) is 5.75 Å². The smallest absolute Gasteiger partial charge is 0.0331 e. The molecule has 0 radical (unpaired) electrons. The Kier molecular flexibility index (Phi) is 3.31. The molecule has 0 saturated carbocycles. The van der Waals surface area contributed by atoms with Crippen molar-refractivity contribution in [2.45, 2.75) is 30.4 Å². The first-order valence-corrected chi connectivity index (χ1v) is 7.64. The normalized spacial score (nSPS) is 23.7. The van der Waals surface area contributed by atoms with Crippen LogP contribution in [0.1, 0.15) is 30.5 Å². The van der Waals surface area contributed by atoms with Gasteiger partial charge in [0.1, 0.15) is 0 Å². The molecule has 1 heterocycles. The van der Waals surface area contributed by atoms with Gasteiger partial charge in [-0.1, -0.05) is 43.3 Å². The first-order valence-electron chi connectivity index (χ1n) is 6.59. The van der Waals surface area contributed by atoms with Crippen LogP contribution in [-0.4, -0.2) is 12.3 Å². The summed E-state index contributed by atoms with van der Waals surface area (Å²) in [4.78, 5) is 0. The molecule has 2 heteroatoms. The van der Waals surface area contributed by atoms with Crippen molar-refractivity contribution in [3.05, 3.63) is 47.5 Å². The molecule has 0 fully saturated rings. The summed E-state index contributed by atoms with van der Waals surface area (Å²) >= 11 is 2.08. The van der Waals surface area contributed by atoms with Gasteiger partial charge >= 0.3 is 0 Å². The lowest BCUT2D eigenvalue weighted by Gasteiger charge is -2.19. The lowest BCUT2D eigenvalue weighted by atomic mass is 9.93. The van der Waals surface area contributed by atoms with Crippen molar-refractivity contribution in [2.75, 3.05) is 7.05 Å².